The highest BCUT2D eigenvalue weighted by molar-refractivity contribution is 6.33. The Balaban J connectivity index is 1.84. The average Bonchev–Trinajstić information content (AvgIpc) is 2.61. The fourth-order valence-electron chi connectivity index (χ4n) is 2.19. The molecule has 0 saturated heterocycles. The minimum atomic E-state index is -0.518. The lowest BCUT2D eigenvalue weighted by Crippen LogP contribution is -2.29. The van der Waals surface area contributed by atoms with Crippen LogP contribution >= 0.6 is 11.6 Å². The summed E-state index contributed by atoms with van der Waals surface area (Å²) in [5.41, 5.74) is 1.20. The number of rotatable bonds is 7. The minimum Gasteiger partial charge on any atom is -0.465 e. The van der Waals surface area contributed by atoms with Crippen LogP contribution in [0.4, 0.5) is 10.1 Å². The van der Waals surface area contributed by atoms with Gasteiger partial charge in [0.05, 0.1) is 29.9 Å². The summed E-state index contributed by atoms with van der Waals surface area (Å²) in [6.45, 7) is 0.484. The molecule has 0 saturated carbocycles. The molecule has 25 heavy (non-hydrogen) atoms. The second-order valence-corrected chi connectivity index (χ2v) is 5.66. The highest BCUT2D eigenvalue weighted by Gasteiger charge is 2.11. The zero-order valence-corrected chi connectivity index (χ0v) is 14.4. The number of hydrogen-bond acceptors (Lipinski definition) is 4. The van der Waals surface area contributed by atoms with E-state index in [1.165, 1.54) is 31.4 Å². The van der Waals surface area contributed by atoms with E-state index in [9.17, 15) is 14.0 Å². The Hall–Kier alpha value is -2.44. The van der Waals surface area contributed by atoms with Crippen molar-refractivity contribution in [1.29, 1.82) is 0 Å². The molecule has 0 heterocycles. The molecular weight excluding hydrogens is 347 g/mol. The molecule has 5 nitrogen and oxygen atoms in total. The highest BCUT2D eigenvalue weighted by Crippen LogP contribution is 2.23. The maximum Gasteiger partial charge on any atom is 0.337 e. The average molecular weight is 365 g/mol. The van der Waals surface area contributed by atoms with Crippen LogP contribution in [-0.2, 0) is 16.0 Å². The predicted octanol–water partition coefficient (Wildman–Crippen LogP) is 3.04. The molecule has 0 atom stereocenters. The van der Waals surface area contributed by atoms with Gasteiger partial charge in [0, 0.05) is 0 Å². The number of amides is 1. The molecule has 0 aromatic heterocycles. The van der Waals surface area contributed by atoms with Crippen molar-refractivity contribution in [2.24, 2.45) is 0 Å². The van der Waals surface area contributed by atoms with Crippen LogP contribution in [0.15, 0.2) is 42.5 Å². The topological polar surface area (TPSA) is 67.4 Å². The molecule has 0 aliphatic rings. The van der Waals surface area contributed by atoms with Crippen molar-refractivity contribution >= 4 is 29.2 Å². The van der Waals surface area contributed by atoms with Gasteiger partial charge in [-0.3, -0.25) is 4.79 Å². The van der Waals surface area contributed by atoms with Gasteiger partial charge < -0.3 is 15.4 Å². The largest absolute Gasteiger partial charge is 0.465 e. The van der Waals surface area contributed by atoms with Crippen LogP contribution in [0.25, 0.3) is 0 Å². The molecule has 0 bridgehead atoms. The first-order chi connectivity index (χ1) is 12.0. The van der Waals surface area contributed by atoms with E-state index in [1.807, 2.05) is 0 Å². The number of anilines is 1. The number of methoxy groups -OCH3 is 1. The molecule has 7 heteroatoms. The summed E-state index contributed by atoms with van der Waals surface area (Å²) in [6.07, 6.45) is 0.471. The molecule has 0 unspecified atom stereocenters. The molecule has 0 aliphatic heterocycles. The lowest BCUT2D eigenvalue weighted by atomic mass is 10.1. The van der Waals surface area contributed by atoms with Crippen molar-refractivity contribution in [1.82, 2.24) is 5.32 Å². The molecule has 132 valence electrons. The lowest BCUT2D eigenvalue weighted by Gasteiger charge is -2.10. The third-order valence-electron chi connectivity index (χ3n) is 3.48. The highest BCUT2D eigenvalue weighted by atomic mass is 35.5. The lowest BCUT2D eigenvalue weighted by molar-refractivity contribution is -0.115. The van der Waals surface area contributed by atoms with Gasteiger partial charge in [0.15, 0.2) is 0 Å². The third-order valence-corrected chi connectivity index (χ3v) is 3.81. The van der Waals surface area contributed by atoms with Gasteiger partial charge in [0.25, 0.3) is 0 Å². The second-order valence-electron chi connectivity index (χ2n) is 5.25. The summed E-state index contributed by atoms with van der Waals surface area (Å²) >= 11 is 6.02. The van der Waals surface area contributed by atoms with Crippen LogP contribution in [0, 0.1) is 5.82 Å². The number of carbonyl (C=O) groups is 2. The first kappa shape index (κ1) is 18.9. The number of benzene rings is 2. The number of carbonyl (C=O) groups excluding carboxylic acids is 2. The van der Waals surface area contributed by atoms with Gasteiger partial charge in [-0.15, -0.1) is 0 Å². The van der Waals surface area contributed by atoms with E-state index in [0.29, 0.717) is 29.2 Å². The summed E-state index contributed by atoms with van der Waals surface area (Å²) < 4.78 is 18.1. The molecule has 1 amide bonds. The summed E-state index contributed by atoms with van der Waals surface area (Å²) in [5, 5.41) is 5.87. The molecule has 2 aromatic carbocycles. The van der Waals surface area contributed by atoms with Crippen molar-refractivity contribution in [3.05, 3.63) is 64.4 Å². The SMILES string of the molecule is COC(=O)c1ccc(Cl)c(NC(=O)CNCCc2ccccc2F)c1. The van der Waals surface area contributed by atoms with Crippen molar-refractivity contribution in [2.75, 3.05) is 25.5 Å². The third kappa shape index (κ3) is 5.55. The number of hydrogen-bond donors (Lipinski definition) is 2. The molecule has 0 radical (unpaired) electrons. The van der Waals surface area contributed by atoms with E-state index in [4.69, 9.17) is 11.6 Å². The van der Waals surface area contributed by atoms with Gasteiger partial charge in [0.1, 0.15) is 5.82 Å². The maximum atomic E-state index is 13.5. The van der Waals surface area contributed by atoms with Crippen molar-refractivity contribution < 1.29 is 18.7 Å². The molecule has 0 aliphatic carbocycles. The fourth-order valence-corrected chi connectivity index (χ4v) is 2.35. The summed E-state index contributed by atoms with van der Waals surface area (Å²) in [5.74, 6) is -1.10. The molecule has 0 fully saturated rings. The van der Waals surface area contributed by atoms with Gasteiger partial charge >= 0.3 is 5.97 Å². The van der Waals surface area contributed by atoms with Crippen LogP contribution in [0.2, 0.25) is 5.02 Å². The van der Waals surface area contributed by atoms with Crippen LogP contribution in [-0.4, -0.2) is 32.1 Å². The minimum absolute atomic E-state index is 0.0350. The Bertz CT molecular complexity index is 768. The standard InChI is InChI=1S/C18H18ClFN2O3/c1-25-18(24)13-6-7-14(19)16(10-13)22-17(23)11-21-9-8-12-4-2-3-5-15(12)20/h2-7,10,21H,8-9,11H2,1H3,(H,22,23). The Labute approximate surface area is 150 Å². The summed E-state index contributed by atoms with van der Waals surface area (Å²) in [4.78, 5) is 23.5. The van der Waals surface area contributed by atoms with Crippen LogP contribution < -0.4 is 10.6 Å². The van der Waals surface area contributed by atoms with Crippen LogP contribution in [0.5, 0.6) is 0 Å². The Morgan fingerprint density at radius 3 is 2.68 bits per heavy atom. The van der Waals surface area contributed by atoms with Crippen molar-refractivity contribution in [3.8, 4) is 0 Å². The Morgan fingerprint density at radius 2 is 1.96 bits per heavy atom. The first-order valence-corrected chi connectivity index (χ1v) is 8.01. The quantitative estimate of drug-likeness (QED) is 0.585. The van der Waals surface area contributed by atoms with E-state index in [2.05, 4.69) is 15.4 Å². The van der Waals surface area contributed by atoms with Gasteiger partial charge in [-0.25, -0.2) is 9.18 Å². The number of halogens is 2. The number of nitrogens with one attached hydrogen (secondary N) is 2. The van der Waals surface area contributed by atoms with E-state index in [-0.39, 0.29) is 23.8 Å². The molecule has 0 spiro atoms. The van der Waals surface area contributed by atoms with E-state index in [1.54, 1.807) is 18.2 Å². The first-order valence-electron chi connectivity index (χ1n) is 7.63. The molecule has 2 N–H and O–H groups in total. The zero-order valence-electron chi connectivity index (χ0n) is 13.6. The Kier molecular flexibility index (Phi) is 6.91. The Morgan fingerprint density at radius 1 is 1.20 bits per heavy atom. The van der Waals surface area contributed by atoms with E-state index < -0.39 is 5.97 Å². The van der Waals surface area contributed by atoms with Crippen molar-refractivity contribution in [2.45, 2.75) is 6.42 Å². The van der Waals surface area contributed by atoms with Gasteiger partial charge in [-0.2, -0.15) is 0 Å². The number of ether oxygens (including phenoxy) is 1. The molecule has 2 aromatic rings. The summed E-state index contributed by atoms with van der Waals surface area (Å²) in [7, 11) is 1.27. The molecule has 2 rings (SSSR count). The predicted molar refractivity (Wildman–Crippen MR) is 94.4 cm³/mol. The van der Waals surface area contributed by atoms with E-state index >= 15 is 0 Å². The van der Waals surface area contributed by atoms with Gasteiger partial charge in [-0.05, 0) is 42.8 Å². The molecular formula is C18H18ClFN2O3. The second kappa shape index (κ2) is 9.15. The van der Waals surface area contributed by atoms with Crippen molar-refractivity contribution in [3.63, 3.8) is 0 Å². The van der Waals surface area contributed by atoms with Crippen LogP contribution in [0.3, 0.4) is 0 Å². The fraction of sp³-hybridized carbons (Fsp3) is 0.222. The summed E-state index contributed by atoms with van der Waals surface area (Å²) in [6, 6.07) is 11.0. The monoisotopic (exact) mass is 364 g/mol. The number of esters is 1. The normalized spacial score (nSPS) is 10.4. The van der Waals surface area contributed by atoms with Crippen LogP contribution in [0.1, 0.15) is 15.9 Å². The zero-order chi connectivity index (χ0) is 18.2. The van der Waals surface area contributed by atoms with Gasteiger partial charge in [-0.1, -0.05) is 29.8 Å². The van der Waals surface area contributed by atoms with Gasteiger partial charge in [0.2, 0.25) is 5.91 Å². The smallest absolute Gasteiger partial charge is 0.337 e. The van der Waals surface area contributed by atoms with E-state index in [0.717, 1.165) is 0 Å². The maximum absolute atomic E-state index is 13.5.